The van der Waals surface area contributed by atoms with E-state index in [1.54, 1.807) is 6.07 Å². The highest BCUT2D eigenvalue weighted by Crippen LogP contribution is 2.40. The normalized spacial score (nSPS) is 15.2. The number of benzene rings is 1. The number of anilines is 1. The average Bonchev–Trinajstić information content (AvgIpc) is 3.15. The van der Waals surface area contributed by atoms with E-state index in [1.807, 2.05) is 0 Å². The van der Waals surface area contributed by atoms with Crippen LogP contribution >= 0.6 is 0 Å². The van der Waals surface area contributed by atoms with Crippen molar-refractivity contribution >= 4 is 5.95 Å². The predicted molar refractivity (Wildman–Crippen MR) is 72.6 cm³/mol. The molecule has 1 aromatic heterocycles. The number of hydrogen-bond donors (Lipinski definition) is 0. The third-order valence-electron chi connectivity index (χ3n) is 3.49. The third-order valence-corrected chi connectivity index (χ3v) is 3.49. The van der Waals surface area contributed by atoms with Gasteiger partial charge in [0.15, 0.2) is 0 Å². The van der Waals surface area contributed by atoms with Gasteiger partial charge in [-0.15, -0.1) is 5.10 Å². The molecule has 2 aromatic rings. The SMILES string of the molecule is CN(C)c1nc(C(F)(F)F)nn1-c1ccc(C2CC2)cc1F. The standard InChI is InChI=1S/C14H14F4N4/c1-21(2)13-19-12(14(16,17)18)20-22(13)11-6-5-9(7-10(11)15)8-3-4-8/h5-8H,3-4H2,1-2H3. The molecule has 1 aromatic carbocycles. The summed E-state index contributed by atoms with van der Waals surface area (Å²) in [5, 5.41) is 3.42. The van der Waals surface area contributed by atoms with Crippen LogP contribution in [0.3, 0.4) is 0 Å². The van der Waals surface area contributed by atoms with Crippen LogP contribution in [0.1, 0.15) is 30.1 Å². The number of alkyl halides is 3. The van der Waals surface area contributed by atoms with Gasteiger partial charge in [-0.1, -0.05) is 6.07 Å². The largest absolute Gasteiger partial charge is 0.453 e. The molecule has 1 fully saturated rings. The molecule has 0 bridgehead atoms. The molecule has 1 heterocycles. The van der Waals surface area contributed by atoms with Crippen LogP contribution in [0, 0.1) is 5.82 Å². The van der Waals surface area contributed by atoms with Gasteiger partial charge in [0.1, 0.15) is 11.5 Å². The summed E-state index contributed by atoms with van der Waals surface area (Å²) in [7, 11) is 3.05. The Hall–Kier alpha value is -2.12. The molecule has 8 heteroatoms. The summed E-state index contributed by atoms with van der Waals surface area (Å²) in [5.74, 6) is -1.61. The van der Waals surface area contributed by atoms with Crippen molar-refractivity contribution < 1.29 is 17.6 Å². The molecular weight excluding hydrogens is 300 g/mol. The highest BCUT2D eigenvalue weighted by molar-refractivity contribution is 5.44. The topological polar surface area (TPSA) is 34.0 Å². The van der Waals surface area contributed by atoms with E-state index in [1.165, 1.54) is 31.1 Å². The third kappa shape index (κ3) is 2.65. The molecule has 4 nitrogen and oxygen atoms in total. The maximum Gasteiger partial charge on any atom is 0.453 e. The zero-order chi connectivity index (χ0) is 16.1. The second-order valence-corrected chi connectivity index (χ2v) is 5.52. The van der Waals surface area contributed by atoms with E-state index in [2.05, 4.69) is 10.1 Å². The van der Waals surface area contributed by atoms with Crippen LogP contribution in [0.15, 0.2) is 18.2 Å². The highest BCUT2D eigenvalue weighted by Gasteiger charge is 2.38. The number of rotatable bonds is 3. The Balaban J connectivity index is 2.08. The van der Waals surface area contributed by atoms with Crippen molar-refractivity contribution in [2.75, 3.05) is 19.0 Å². The number of nitrogens with zero attached hydrogens (tertiary/aromatic N) is 4. The van der Waals surface area contributed by atoms with Crippen molar-refractivity contribution in [1.82, 2.24) is 14.8 Å². The summed E-state index contributed by atoms with van der Waals surface area (Å²) >= 11 is 0. The molecule has 1 aliphatic rings. The van der Waals surface area contributed by atoms with E-state index in [-0.39, 0.29) is 11.6 Å². The minimum atomic E-state index is -4.68. The van der Waals surface area contributed by atoms with Crippen LogP contribution in [-0.4, -0.2) is 28.9 Å². The van der Waals surface area contributed by atoms with Gasteiger partial charge in [-0.3, -0.25) is 0 Å². The van der Waals surface area contributed by atoms with Gasteiger partial charge in [0.05, 0.1) is 0 Å². The molecule has 1 saturated carbocycles. The lowest BCUT2D eigenvalue weighted by atomic mass is 10.1. The Morgan fingerprint density at radius 2 is 1.91 bits per heavy atom. The number of halogens is 4. The summed E-state index contributed by atoms with van der Waals surface area (Å²) in [6.07, 6.45) is -2.65. The fraction of sp³-hybridized carbons (Fsp3) is 0.429. The fourth-order valence-electron chi connectivity index (χ4n) is 2.24. The maximum atomic E-state index is 14.3. The Bertz CT molecular complexity index is 701. The first kappa shape index (κ1) is 14.8. The molecule has 22 heavy (non-hydrogen) atoms. The average molecular weight is 314 g/mol. The number of aromatic nitrogens is 3. The fourth-order valence-corrected chi connectivity index (χ4v) is 2.24. The summed E-state index contributed by atoms with van der Waals surface area (Å²) in [4.78, 5) is 4.81. The van der Waals surface area contributed by atoms with E-state index in [4.69, 9.17) is 0 Å². The first-order valence-corrected chi connectivity index (χ1v) is 6.79. The van der Waals surface area contributed by atoms with Crippen molar-refractivity contribution in [3.8, 4) is 5.69 Å². The molecule has 0 radical (unpaired) electrons. The summed E-state index contributed by atoms with van der Waals surface area (Å²) < 4.78 is 53.5. The van der Waals surface area contributed by atoms with E-state index in [0.29, 0.717) is 5.92 Å². The van der Waals surface area contributed by atoms with E-state index < -0.39 is 17.8 Å². The van der Waals surface area contributed by atoms with Crippen molar-refractivity contribution in [2.45, 2.75) is 24.9 Å². The molecule has 0 aliphatic heterocycles. The van der Waals surface area contributed by atoms with Crippen LogP contribution in [-0.2, 0) is 6.18 Å². The molecule has 0 amide bonds. The van der Waals surface area contributed by atoms with Crippen LogP contribution < -0.4 is 4.90 Å². The smallest absolute Gasteiger partial charge is 0.347 e. The predicted octanol–water partition coefficient (Wildman–Crippen LogP) is 3.37. The van der Waals surface area contributed by atoms with Crippen molar-refractivity contribution in [3.63, 3.8) is 0 Å². The number of hydrogen-bond acceptors (Lipinski definition) is 3. The van der Waals surface area contributed by atoms with E-state index >= 15 is 0 Å². The van der Waals surface area contributed by atoms with Crippen molar-refractivity contribution in [2.24, 2.45) is 0 Å². The van der Waals surface area contributed by atoms with Gasteiger partial charge in [-0.2, -0.15) is 22.8 Å². The Morgan fingerprint density at radius 1 is 1.23 bits per heavy atom. The van der Waals surface area contributed by atoms with Crippen LogP contribution in [0.25, 0.3) is 5.69 Å². The lowest BCUT2D eigenvalue weighted by molar-refractivity contribution is -0.144. The van der Waals surface area contributed by atoms with Gasteiger partial charge in [0.2, 0.25) is 5.95 Å². The molecule has 0 N–H and O–H groups in total. The van der Waals surface area contributed by atoms with Crippen LogP contribution in [0.5, 0.6) is 0 Å². The van der Waals surface area contributed by atoms with Crippen LogP contribution in [0.2, 0.25) is 0 Å². The summed E-state index contributed by atoms with van der Waals surface area (Å²) in [5.41, 5.74) is 0.819. The lowest BCUT2D eigenvalue weighted by Gasteiger charge is -2.13. The molecule has 0 saturated heterocycles. The van der Waals surface area contributed by atoms with Gasteiger partial charge in [-0.25, -0.2) is 4.39 Å². The van der Waals surface area contributed by atoms with Gasteiger partial charge < -0.3 is 4.90 Å². The van der Waals surface area contributed by atoms with E-state index in [0.717, 1.165) is 23.1 Å². The van der Waals surface area contributed by atoms with Crippen LogP contribution in [0.4, 0.5) is 23.5 Å². The molecule has 3 rings (SSSR count). The molecule has 1 aliphatic carbocycles. The molecular formula is C14H14F4N4. The maximum absolute atomic E-state index is 14.3. The Morgan fingerprint density at radius 3 is 2.41 bits per heavy atom. The quantitative estimate of drug-likeness (QED) is 0.815. The summed E-state index contributed by atoms with van der Waals surface area (Å²) in [6, 6.07) is 4.54. The van der Waals surface area contributed by atoms with Gasteiger partial charge in [-0.05, 0) is 36.5 Å². The Kier molecular flexibility index (Phi) is 3.34. The lowest BCUT2D eigenvalue weighted by Crippen LogP contribution is -2.16. The first-order chi connectivity index (χ1) is 10.3. The summed E-state index contributed by atoms with van der Waals surface area (Å²) in [6.45, 7) is 0. The first-order valence-electron chi connectivity index (χ1n) is 6.79. The molecule has 0 atom stereocenters. The second kappa shape index (κ2) is 4.96. The van der Waals surface area contributed by atoms with Gasteiger partial charge >= 0.3 is 6.18 Å². The molecule has 0 spiro atoms. The second-order valence-electron chi connectivity index (χ2n) is 5.52. The van der Waals surface area contributed by atoms with Crippen molar-refractivity contribution in [3.05, 3.63) is 35.4 Å². The zero-order valence-electron chi connectivity index (χ0n) is 12.0. The van der Waals surface area contributed by atoms with Crippen molar-refractivity contribution in [1.29, 1.82) is 0 Å². The molecule has 118 valence electrons. The highest BCUT2D eigenvalue weighted by atomic mass is 19.4. The minimum absolute atomic E-state index is 0.0453. The van der Waals surface area contributed by atoms with E-state index in [9.17, 15) is 17.6 Å². The Labute approximate surface area is 124 Å². The minimum Gasteiger partial charge on any atom is -0.347 e. The zero-order valence-corrected chi connectivity index (χ0v) is 12.0. The monoisotopic (exact) mass is 314 g/mol. The van der Waals surface area contributed by atoms with Gasteiger partial charge in [0, 0.05) is 14.1 Å². The van der Waals surface area contributed by atoms with Gasteiger partial charge in [0.25, 0.3) is 5.82 Å². The molecule has 0 unspecified atom stereocenters.